The number of Topliss-reactive ketones (excluding diaryl/α,β-unsaturated/α-hetero) is 1. The number of carbonyl (C=O) groups excluding carboxylic acids is 2. The van der Waals surface area contributed by atoms with E-state index in [-0.39, 0.29) is 12.4 Å². The molecule has 0 spiro atoms. The molecule has 7 nitrogen and oxygen atoms in total. The monoisotopic (exact) mass is 342 g/mol. The van der Waals surface area contributed by atoms with Crippen molar-refractivity contribution in [1.82, 2.24) is 20.2 Å². The Morgan fingerprint density at radius 1 is 1.08 bits per heavy atom. The van der Waals surface area contributed by atoms with Crippen molar-refractivity contribution in [3.63, 3.8) is 0 Å². The fraction of sp³-hybridized carbons (Fsp3) is 0.0625. The summed E-state index contributed by atoms with van der Waals surface area (Å²) in [6, 6.07) is 12.9. The number of halogens is 1. The molecule has 0 atom stereocenters. The molecule has 1 aromatic heterocycles. The lowest BCUT2D eigenvalue weighted by Gasteiger charge is -2.06. The smallest absolute Gasteiger partial charge is 0.338 e. The minimum Gasteiger partial charge on any atom is -0.454 e. The molecule has 0 aliphatic rings. The number of ether oxygens (including phenoxy) is 1. The zero-order valence-corrected chi connectivity index (χ0v) is 13.1. The third-order valence-electron chi connectivity index (χ3n) is 3.20. The lowest BCUT2D eigenvalue weighted by molar-refractivity contribution is 0.0474. The molecular weight excluding hydrogens is 332 g/mol. The number of hydrogen-bond acceptors (Lipinski definition) is 6. The van der Waals surface area contributed by atoms with Crippen molar-refractivity contribution in [2.45, 2.75) is 0 Å². The predicted molar refractivity (Wildman–Crippen MR) is 85.2 cm³/mol. The van der Waals surface area contributed by atoms with Gasteiger partial charge in [-0.15, -0.1) is 5.10 Å². The van der Waals surface area contributed by atoms with E-state index in [1.807, 2.05) is 0 Å². The molecule has 24 heavy (non-hydrogen) atoms. The van der Waals surface area contributed by atoms with Crippen molar-refractivity contribution in [2.24, 2.45) is 0 Å². The number of nitrogens with zero attached hydrogens (tertiary/aromatic N) is 4. The highest BCUT2D eigenvalue weighted by Gasteiger charge is 2.13. The Morgan fingerprint density at radius 2 is 1.88 bits per heavy atom. The van der Waals surface area contributed by atoms with Gasteiger partial charge in [0.2, 0.25) is 0 Å². The summed E-state index contributed by atoms with van der Waals surface area (Å²) >= 11 is 5.77. The average molecular weight is 343 g/mol. The zero-order chi connectivity index (χ0) is 16.9. The minimum atomic E-state index is -0.604. The zero-order valence-electron chi connectivity index (χ0n) is 12.3. The van der Waals surface area contributed by atoms with Crippen LogP contribution in [0.3, 0.4) is 0 Å². The van der Waals surface area contributed by atoms with Crippen LogP contribution in [0.2, 0.25) is 5.02 Å². The van der Waals surface area contributed by atoms with Gasteiger partial charge in [-0.1, -0.05) is 17.7 Å². The average Bonchev–Trinajstić information content (AvgIpc) is 3.15. The van der Waals surface area contributed by atoms with Crippen molar-refractivity contribution in [2.75, 3.05) is 6.61 Å². The van der Waals surface area contributed by atoms with E-state index in [2.05, 4.69) is 15.5 Å². The van der Waals surface area contributed by atoms with Crippen LogP contribution in [0.1, 0.15) is 20.7 Å². The van der Waals surface area contributed by atoms with Crippen LogP contribution in [0.4, 0.5) is 0 Å². The Bertz CT molecular complexity index is 863. The van der Waals surface area contributed by atoms with E-state index in [0.29, 0.717) is 21.8 Å². The van der Waals surface area contributed by atoms with Crippen LogP contribution in [0.25, 0.3) is 5.69 Å². The summed E-state index contributed by atoms with van der Waals surface area (Å²) in [5, 5.41) is 11.3. The Morgan fingerprint density at radius 3 is 2.58 bits per heavy atom. The first-order chi connectivity index (χ1) is 11.6. The number of esters is 1. The summed E-state index contributed by atoms with van der Waals surface area (Å²) in [6.45, 7) is -0.352. The highest BCUT2D eigenvalue weighted by Crippen LogP contribution is 2.12. The van der Waals surface area contributed by atoms with Crippen LogP contribution in [0.5, 0.6) is 0 Å². The molecule has 0 amide bonds. The summed E-state index contributed by atoms with van der Waals surface area (Å²) in [7, 11) is 0. The minimum absolute atomic E-state index is 0.298. The van der Waals surface area contributed by atoms with E-state index in [1.165, 1.54) is 11.0 Å². The third-order valence-corrected chi connectivity index (χ3v) is 3.45. The van der Waals surface area contributed by atoms with E-state index in [1.54, 1.807) is 48.5 Å². The van der Waals surface area contributed by atoms with Crippen molar-refractivity contribution in [3.8, 4) is 5.69 Å². The highest BCUT2D eigenvalue weighted by atomic mass is 35.5. The number of rotatable bonds is 5. The van der Waals surface area contributed by atoms with Crippen LogP contribution >= 0.6 is 11.6 Å². The fourth-order valence-electron chi connectivity index (χ4n) is 1.99. The number of tetrazole rings is 1. The molecule has 2 aromatic carbocycles. The van der Waals surface area contributed by atoms with Crippen LogP contribution in [-0.2, 0) is 4.74 Å². The Balaban J connectivity index is 1.66. The molecule has 0 fully saturated rings. The van der Waals surface area contributed by atoms with Crippen molar-refractivity contribution < 1.29 is 14.3 Å². The summed E-state index contributed by atoms with van der Waals surface area (Å²) in [6.07, 6.45) is 1.41. The Kier molecular flexibility index (Phi) is 4.62. The normalized spacial score (nSPS) is 10.4. The predicted octanol–water partition coefficient (Wildman–Crippen LogP) is 2.36. The van der Waals surface area contributed by atoms with Gasteiger partial charge >= 0.3 is 5.97 Å². The van der Waals surface area contributed by atoms with Gasteiger partial charge in [-0.25, -0.2) is 9.48 Å². The molecule has 3 aromatic rings. The molecule has 120 valence electrons. The lowest BCUT2D eigenvalue weighted by Crippen LogP contribution is -2.14. The van der Waals surface area contributed by atoms with Gasteiger partial charge in [-0.2, -0.15) is 0 Å². The molecule has 8 heteroatoms. The summed E-state index contributed by atoms with van der Waals surface area (Å²) in [4.78, 5) is 24.1. The van der Waals surface area contributed by atoms with Gasteiger partial charge in [0.05, 0.1) is 11.3 Å². The molecule has 1 heterocycles. The molecule has 0 radical (unpaired) electrons. The molecule has 0 N–H and O–H groups in total. The number of hydrogen-bond donors (Lipinski definition) is 0. The van der Waals surface area contributed by atoms with E-state index in [0.717, 1.165) is 0 Å². The highest BCUT2D eigenvalue weighted by molar-refractivity contribution is 6.30. The molecule has 0 unspecified atom stereocenters. The van der Waals surface area contributed by atoms with E-state index in [4.69, 9.17) is 16.3 Å². The molecule has 0 bridgehead atoms. The second-order valence-corrected chi connectivity index (χ2v) is 5.25. The van der Waals surface area contributed by atoms with Gasteiger partial charge in [-0.3, -0.25) is 4.79 Å². The SMILES string of the molecule is O=C(COC(=O)c1cccc(-n2cnnn2)c1)c1ccc(Cl)cc1. The topological polar surface area (TPSA) is 87.0 Å². The van der Waals surface area contributed by atoms with Gasteiger partial charge in [0.25, 0.3) is 0 Å². The van der Waals surface area contributed by atoms with Crippen LogP contribution < -0.4 is 0 Å². The third kappa shape index (κ3) is 3.64. The quantitative estimate of drug-likeness (QED) is 0.522. The number of ketones is 1. The molecule has 0 saturated heterocycles. The van der Waals surface area contributed by atoms with Gasteiger partial charge < -0.3 is 4.74 Å². The summed E-state index contributed by atoms with van der Waals surface area (Å²) < 4.78 is 6.48. The maximum absolute atomic E-state index is 12.1. The van der Waals surface area contributed by atoms with E-state index < -0.39 is 5.97 Å². The number of aromatic nitrogens is 4. The molecule has 0 aliphatic heterocycles. The van der Waals surface area contributed by atoms with E-state index in [9.17, 15) is 9.59 Å². The summed E-state index contributed by atoms with van der Waals surface area (Å²) in [5.41, 5.74) is 1.33. The van der Waals surface area contributed by atoms with Gasteiger partial charge in [0.1, 0.15) is 6.33 Å². The second-order valence-electron chi connectivity index (χ2n) is 4.81. The fourth-order valence-corrected chi connectivity index (χ4v) is 2.11. The van der Waals surface area contributed by atoms with Crippen molar-refractivity contribution in [3.05, 3.63) is 71.0 Å². The Labute approximate surface area is 141 Å². The first kappa shape index (κ1) is 15.8. The van der Waals surface area contributed by atoms with Crippen LogP contribution in [-0.4, -0.2) is 38.6 Å². The van der Waals surface area contributed by atoms with Gasteiger partial charge in [0.15, 0.2) is 12.4 Å². The first-order valence-electron chi connectivity index (χ1n) is 6.93. The van der Waals surface area contributed by atoms with Gasteiger partial charge in [-0.05, 0) is 52.9 Å². The first-order valence-corrected chi connectivity index (χ1v) is 7.30. The van der Waals surface area contributed by atoms with Gasteiger partial charge in [0, 0.05) is 10.6 Å². The molecule has 3 rings (SSSR count). The van der Waals surface area contributed by atoms with Crippen molar-refractivity contribution in [1.29, 1.82) is 0 Å². The molecular formula is C16H11ClN4O3. The second kappa shape index (κ2) is 7.01. The standard InChI is InChI=1S/C16H11ClN4O3/c17-13-6-4-11(5-7-13)15(22)9-24-16(23)12-2-1-3-14(8-12)21-10-18-19-20-21/h1-8,10H,9H2. The van der Waals surface area contributed by atoms with Crippen LogP contribution in [0.15, 0.2) is 54.9 Å². The number of carbonyl (C=O) groups is 2. The largest absolute Gasteiger partial charge is 0.454 e. The maximum Gasteiger partial charge on any atom is 0.338 e. The Hall–Kier alpha value is -3.06. The maximum atomic E-state index is 12.1. The van der Waals surface area contributed by atoms with Crippen LogP contribution in [0, 0.1) is 0 Å². The summed E-state index contributed by atoms with van der Waals surface area (Å²) in [5.74, 6) is -0.913. The van der Waals surface area contributed by atoms with Crippen molar-refractivity contribution >= 4 is 23.4 Å². The number of benzene rings is 2. The molecule has 0 saturated carbocycles. The molecule has 0 aliphatic carbocycles. The lowest BCUT2D eigenvalue weighted by atomic mass is 10.1. The van der Waals surface area contributed by atoms with E-state index >= 15 is 0 Å².